The Kier molecular flexibility index (Phi) is 4.63. The predicted molar refractivity (Wildman–Crippen MR) is 95.5 cm³/mol. The molecule has 3 heterocycles. The van der Waals surface area contributed by atoms with Gasteiger partial charge >= 0.3 is 6.18 Å². The topological polar surface area (TPSA) is 61.9 Å². The number of hydrogen-bond donors (Lipinski definition) is 1. The smallest absolute Gasteiger partial charge is 0.342 e. The Bertz CT molecular complexity index is 965. The summed E-state index contributed by atoms with van der Waals surface area (Å²) in [6.45, 7) is 0.968. The maximum absolute atomic E-state index is 12.8. The van der Waals surface area contributed by atoms with Crippen molar-refractivity contribution in [1.82, 2.24) is 19.2 Å². The van der Waals surface area contributed by atoms with E-state index >= 15 is 0 Å². The number of imidazole rings is 1. The lowest BCUT2D eigenvalue weighted by molar-refractivity contribution is -0.141. The number of likely N-dealkylation sites (tertiary alicyclic amines) is 1. The van der Waals surface area contributed by atoms with Crippen molar-refractivity contribution < 1.29 is 18.0 Å². The number of piperidine rings is 1. The second-order valence-corrected chi connectivity index (χ2v) is 7.47. The first kappa shape index (κ1) is 18.0. The fourth-order valence-corrected chi connectivity index (χ4v) is 4.23. The summed E-state index contributed by atoms with van der Waals surface area (Å²) in [7, 11) is 0. The number of benzene rings is 1. The first-order valence-electron chi connectivity index (χ1n) is 8.65. The average molecular weight is 394 g/mol. The van der Waals surface area contributed by atoms with Crippen molar-refractivity contribution in [3.63, 3.8) is 0 Å². The molecule has 3 aromatic rings. The summed E-state index contributed by atoms with van der Waals surface area (Å²) in [4.78, 5) is 20.7. The van der Waals surface area contributed by atoms with E-state index < -0.39 is 11.9 Å². The van der Waals surface area contributed by atoms with E-state index in [1.54, 1.807) is 4.90 Å². The van der Waals surface area contributed by atoms with Crippen LogP contribution in [0.25, 0.3) is 10.1 Å². The SMILES string of the molecule is O=C(Cc1nsc2ccccc12)N1CCC[C@H](c2ncc(C(F)(F)F)[nH]2)C1. The number of rotatable bonds is 3. The van der Waals surface area contributed by atoms with E-state index in [0.717, 1.165) is 28.4 Å². The van der Waals surface area contributed by atoms with Gasteiger partial charge in [-0.1, -0.05) is 18.2 Å². The zero-order valence-corrected chi connectivity index (χ0v) is 15.1. The zero-order valence-electron chi connectivity index (χ0n) is 14.3. The van der Waals surface area contributed by atoms with Gasteiger partial charge in [0.25, 0.3) is 0 Å². The molecule has 0 bridgehead atoms. The predicted octanol–water partition coefficient (Wildman–Crippen LogP) is 3.99. The molecule has 9 heteroatoms. The second-order valence-electron chi connectivity index (χ2n) is 6.66. The number of nitrogens with one attached hydrogen (secondary N) is 1. The maximum Gasteiger partial charge on any atom is 0.432 e. The highest BCUT2D eigenvalue weighted by Crippen LogP contribution is 2.31. The van der Waals surface area contributed by atoms with Gasteiger partial charge < -0.3 is 9.88 Å². The molecule has 0 radical (unpaired) electrons. The van der Waals surface area contributed by atoms with Gasteiger partial charge in [0.05, 0.1) is 23.0 Å². The van der Waals surface area contributed by atoms with Crippen LogP contribution in [-0.2, 0) is 17.4 Å². The third-order valence-corrected chi connectivity index (χ3v) is 5.70. The minimum atomic E-state index is -4.44. The largest absolute Gasteiger partial charge is 0.432 e. The number of amides is 1. The van der Waals surface area contributed by atoms with Crippen molar-refractivity contribution >= 4 is 27.5 Å². The van der Waals surface area contributed by atoms with Crippen LogP contribution in [0.2, 0.25) is 0 Å². The summed E-state index contributed by atoms with van der Waals surface area (Å²) in [5.74, 6) is 0.0169. The normalized spacial score (nSPS) is 18.2. The number of halogens is 3. The van der Waals surface area contributed by atoms with Crippen LogP contribution in [0.1, 0.15) is 36.0 Å². The quantitative estimate of drug-likeness (QED) is 0.731. The van der Waals surface area contributed by atoms with E-state index in [1.807, 2.05) is 24.3 Å². The number of carbonyl (C=O) groups excluding carboxylic acids is 1. The Labute approximate surface area is 157 Å². The van der Waals surface area contributed by atoms with E-state index in [2.05, 4.69) is 14.3 Å². The van der Waals surface area contributed by atoms with Gasteiger partial charge in [-0.05, 0) is 30.4 Å². The molecule has 0 aliphatic carbocycles. The number of hydrogen-bond acceptors (Lipinski definition) is 4. The second kappa shape index (κ2) is 6.95. The molecule has 1 fully saturated rings. The van der Waals surface area contributed by atoms with Crippen LogP contribution in [0.5, 0.6) is 0 Å². The van der Waals surface area contributed by atoms with E-state index in [1.165, 1.54) is 11.5 Å². The van der Waals surface area contributed by atoms with Crippen molar-refractivity contribution in [3.8, 4) is 0 Å². The molecule has 1 amide bonds. The number of nitrogens with zero attached hydrogens (tertiary/aromatic N) is 3. The summed E-state index contributed by atoms with van der Waals surface area (Å²) < 4.78 is 43.7. The standard InChI is InChI=1S/C18H17F3N4OS/c19-18(20,21)15-9-22-17(23-15)11-4-3-7-25(10-11)16(26)8-13-12-5-1-2-6-14(12)27-24-13/h1-2,5-6,9,11H,3-4,7-8,10H2,(H,22,23)/t11-/m0/s1. The van der Waals surface area contributed by atoms with Gasteiger partial charge in [-0.2, -0.15) is 17.5 Å². The molecule has 1 saturated heterocycles. The summed E-state index contributed by atoms with van der Waals surface area (Å²) in [6.07, 6.45) is -1.99. The number of alkyl halides is 3. The monoisotopic (exact) mass is 394 g/mol. The number of H-pyrrole nitrogens is 1. The fourth-order valence-electron chi connectivity index (χ4n) is 3.44. The molecule has 4 rings (SSSR count). The summed E-state index contributed by atoms with van der Waals surface area (Å²) >= 11 is 1.36. The van der Waals surface area contributed by atoms with Crippen LogP contribution in [-0.4, -0.2) is 38.2 Å². The molecule has 27 heavy (non-hydrogen) atoms. The number of aromatic nitrogens is 3. The third-order valence-electron chi connectivity index (χ3n) is 4.83. The average Bonchev–Trinajstić information content (AvgIpc) is 3.30. The first-order chi connectivity index (χ1) is 12.9. The lowest BCUT2D eigenvalue weighted by atomic mass is 9.97. The first-order valence-corrected chi connectivity index (χ1v) is 9.42. The summed E-state index contributed by atoms with van der Waals surface area (Å²) in [6, 6.07) is 7.76. The molecule has 1 atom stereocenters. The molecule has 0 unspecified atom stereocenters. The van der Waals surface area contributed by atoms with Crippen LogP contribution in [0.3, 0.4) is 0 Å². The van der Waals surface area contributed by atoms with Crippen LogP contribution in [0.4, 0.5) is 13.2 Å². The van der Waals surface area contributed by atoms with Crippen LogP contribution in [0, 0.1) is 0 Å². The van der Waals surface area contributed by atoms with Crippen molar-refractivity contribution in [2.45, 2.75) is 31.4 Å². The van der Waals surface area contributed by atoms with Gasteiger partial charge in [0.15, 0.2) is 0 Å². The summed E-state index contributed by atoms with van der Waals surface area (Å²) in [5, 5.41) is 0.977. The van der Waals surface area contributed by atoms with Crippen molar-refractivity contribution in [2.75, 3.05) is 13.1 Å². The van der Waals surface area contributed by atoms with E-state index in [9.17, 15) is 18.0 Å². The van der Waals surface area contributed by atoms with Crippen molar-refractivity contribution in [1.29, 1.82) is 0 Å². The Morgan fingerprint density at radius 2 is 2.15 bits per heavy atom. The van der Waals surface area contributed by atoms with Crippen molar-refractivity contribution in [2.24, 2.45) is 0 Å². The van der Waals surface area contributed by atoms with Gasteiger partial charge in [-0.15, -0.1) is 0 Å². The highest BCUT2D eigenvalue weighted by atomic mass is 32.1. The molecule has 0 saturated carbocycles. The lowest BCUT2D eigenvalue weighted by Gasteiger charge is -2.31. The van der Waals surface area contributed by atoms with Gasteiger partial charge in [0.1, 0.15) is 11.5 Å². The highest BCUT2D eigenvalue weighted by molar-refractivity contribution is 7.13. The van der Waals surface area contributed by atoms with Gasteiger partial charge in [-0.3, -0.25) is 4.79 Å². The number of aromatic amines is 1. The third kappa shape index (κ3) is 3.69. The van der Waals surface area contributed by atoms with Crippen molar-refractivity contribution in [3.05, 3.63) is 47.7 Å². The molecule has 142 valence electrons. The zero-order chi connectivity index (χ0) is 19.0. The van der Waals surface area contributed by atoms with Gasteiger partial charge in [0, 0.05) is 24.4 Å². The van der Waals surface area contributed by atoms with Crippen LogP contribution in [0.15, 0.2) is 30.5 Å². The van der Waals surface area contributed by atoms with Gasteiger partial charge in [0.2, 0.25) is 5.91 Å². The lowest BCUT2D eigenvalue weighted by Crippen LogP contribution is -2.40. The highest BCUT2D eigenvalue weighted by Gasteiger charge is 2.35. The molecule has 1 aromatic carbocycles. The molecule has 5 nitrogen and oxygen atoms in total. The maximum atomic E-state index is 12.8. The Balaban J connectivity index is 1.46. The summed E-state index contributed by atoms with van der Waals surface area (Å²) in [5.41, 5.74) is -0.102. The minimum absolute atomic E-state index is 0.0571. The fraction of sp³-hybridized carbons (Fsp3) is 0.389. The Morgan fingerprint density at radius 1 is 1.33 bits per heavy atom. The Morgan fingerprint density at radius 3 is 2.93 bits per heavy atom. The molecule has 1 N–H and O–H groups in total. The van der Waals surface area contributed by atoms with Crippen LogP contribution >= 0.6 is 11.5 Å². The molecule has 2 aromatic heterocycles. The molecule has 1 aliphatic heterocycles. The number of fused-ring (bicyclic) bond motifs is 1. The number of carbonyl (C=O) groups is 1. The van der Waals surface area contributed by atoms with Crippen LogP contribution < -0.4 is 0 Å². The molecular formula is C18H17F3N4OS. The van der Waals surface area contributed by atoms with E-state index in [0.29, 0.717) is 25.3 Å². The van der Waals surface area contributed by atoms with Gasteiger partial charge in [-0.25, -0.2) is 4.98 Å². The molecule has 0 spiro atoms. The molecular weight excluding hydrogens is 377 g/mol. The molecule has 1 aliphatic rings. The van der Waals surface area contributed by atoms with E-state index in [-0.39, 0.29) is 18.2 Å². The minimum Gasteiger partial charge on any atom is -0.342 e. The van der Waals surface area contributed by atoms with E-state index in [4.69, 9.17) is 0 Å². The Hall–Kier alpha value is -2.42.